The van der Waals surface area contributed by atoms with E-state index in [1.165, 1.54) is 5.56 Å². The Labute approximate surface area is 186 Å². The van der Waals surface area contributed by atoms with E-state index in [2.05, 4.69) is 16.7 Å². The van der Waals surface area contributed by atoms with E-state index in [9.17, 15) is 9.59 Å². The van der Waals surface area contributed by atoms with Gasteiger partial charge >= 0.3 is 6.09 Å². The number of hydrogen-bond donors (Lipinski definition) is 4. The lowest BCUT2D eigenvalue weighted by Crippen LogP contribution is -2.23. The maximum atomic E-state index is 12.4. The molecule has 7 heteroatoms. The van der Waals surface area contributed by atoms with Gasteiger partial charge in [-0.2, -0.15) is 0 Å². The quantitative estimate of drug-likeness (QED) is 0.426. The van der Waals surface area contributed by atoms with Gasteiger partial charge in [-0.1, -0.05) is 48.5 Å². The van der Waals surface area contributed by atoms with Gasteiger partial charge in [0, 0.05) is 24.1 Å². The molecule has 1 aliphatic carbocycles. The molecule has 1 saturated carbocycles. The van der Waals surface area contributed by atoms with Crippen LogP contribution in [0.5, 0.6) is 0 Å². The lowest BCUT2D eigenvalue weighted by Gasteiger charge is -2.10. The third kappa shape index (κ3) is 5.44. The van der Waals surface area contributed by atoms with Crippen LogP contribution in [-0.2, 0) is 17.9 Å². The summed E-state index contributed by atoms with van der Waals surface area (Å²) in [5.41, 5.74) is 16.3. The van der Waals surface area contributed by atoms with Crippen LogP contribution in [0.4, 0.5) is 16.2 Å². The molecule has 0 radical (unpaired) electrons. The molecule has 0 aromatic heterocycles. The number of nitrogens with one attached hydrogen (secondary N) is 2. The average molecular weight is 431 g/mol. The number of nitrogen functional groups attached to an aromatic ring is 1. The summed E-state index contributed by atoms with van der Waals surface area (Å²) in [5, 5.41) is 5.51. The fraction of sp³-hybridized carbons (Fsp3) is 0.200. The Hall–Kier alpha value is -3.84. The first-order valence-electron chi connectivity index (χ1n) is 10.5. The molecule has 4 rings (SSSR count). The second kappa shape index (κ2) is 9.53. The molecule has 0 aliphatic heterocycles. The fourth-order valence-corrected chi connectivity index (χ4v) is 3.46. The van der Waals surface area contributed by atoms with Crippen molar-refractivity contribution in [2.24, 2.45) is 5.73 Å². The molecule has 7 nitrogen and oxygen atoms in total. The molecule has 32 heavy (non-hydrogen) atoms. The fourth-order valence-electron chi connectivity index (χ4n) is 3.46. The van der Waals surface area contributed by atoms with Gasteiger partial charge in [-0.25, -0.2) is 4.79 Å². The molecule has 1 aliphatic rings. The molecular weight excluding hydrogens is 404 g/mol. The highest BCUT2D eigenvalue weighted by Crippen LogP contribution is 2.39. The predicted molar refractivity (Wildman–Crippen MR) is 124 cm³/mol. The summed E-state index contributed by atoms with van der Waals surface area (Å²) in [4.78, 5) is 24.4. The van der Waals surface area contributed by atoms with Gasteiger partial charge in [-0.15, -0.1) is 0 Å². The zero-order valence-electron chi connectivity index (χ0n) is 17.6. The zero-order valence-corrected chi connectivity index (χ0v) is 17.6. The topological polar surface area (TPSA) is 119 Å². The Morgan fingerprint density at radius 3 is 2.44 bits per heavy atom. The number of hydrogen-bond acceptors (Lipinski definition) is 5. The number of alkyl carbamates (subject to hydrolysis) is 1. The summed E-state index contributed by atoms with van der Waals surface area (Å²) >= 11 is 0. The molecule has 0 heterocycles. The first-order chi connectivity index (χ1) is 15.5. The van der Waals surface area contributed by atoms with Gasteiger partial charge in [0.15, 0.2) is 0 Å². The summed E-state index contributed by atoms with van der Waals surface area (Å²) in [6, 6.07) is 22.3. The molecule has 2 amide bonds. The van der Waals surface area contributed by atoms with Crippen molar-refractivity contribution in [1.82, 2.24) is 5.32 Å². The van der Waals surface area contributed by atoms with Crippen LogP contribution in [0.15, 0.2) is 72.8 Å². The van der Waals surface area contributed by atoms with Crippen LogP contribution >= 0.6 is 0 Å². The maximum Gasteiger partial charge on any atom is 0.407 e. The Bertz CT molecular complexity index is 1110. The summed E-state index contributed by atoms with van der Waals surface area (Å²) in [6.45, 7) is 0.493. The van der Waals surface area contributed by atoms with Crippen LogP contribution in [0.2, 0.25) is 0 Å². The minimum absolute atomic E-state index is 0.198. The second-order valence-corrected chi connectivity index (χ2v) is 7.92. The normalized spacial score (nSPS) is 16.8. The summed E-state index contributed by atoms with van der Waals surface area (Å²) in [6.07, 6.45) is 0.505. The van der Waals surface area contributed by atoms with Crippen molar-refractivity contribution in [1.29, 1.82) is 0 Å². The molecule has 3 aromatic carbocycles. The zero-order chi connectivity index (χ0) is 22.5. The number of benzene rings is 3. The van der Waals surface area contributed by atoms with Crippen molar-refractivity contribution in [2.45, 2.75) is 31.5 Å². The van der Waals surface area contributed by atoms with Gasteiger partial charge < -0.3 is 26.8 Å². The average Bonchev–Trinajstić information content (AvgIpc) is 3.55. The van der Waals surface area contributed by atoms with E-state index < -0.39 is 6.09 Å². The lowest BCUT2D eigenvalue weighted by molar-refractivity contribution is 0.102. The SMILES string of the molecule is Nc1ccccc1NC(=O)c1ccc(CNC(=O)OCc2cccc(C3C[C@@H]3N)c2)cc1. The molecule has 2 atom stereocenters. The first-order valence-corrected chi connectivity index (χ1v) is 10.5. The highest BCUT2D eigenvalue weighted by atomic mass is 16.5. The van der Waals surface area contributed by atoms with Crippen molar-refractivity contribution >= 4 is 23.4 Å². The van der Waals surface area contributed by atoms with Gasteiger partial charge in [0.05, 0.1) is 11.4 Å². The largest absolute Gasteiger partial charge is 0.445 e. The number of rotatable bonds is 7. The van der Waals surface area contributed by atoms with Crippen LogP contribution < -0.4 is 22.1 Å². The van der Waals surface area contributed by atoms with Gasteiger partial charge in [0.25, 0.3) is 5.91 Å². The van der Waals surface area contributed by atoms with Gasteiger partial charge in [-0.3, -0.25) is 4.79 Å². The summed E-state index contributed by atoms with van der Waals surface area (Å²) < 4.78 is 5.31. The van der Waals surface area contributed by atoms with E-state index in [0.717, 1.165) is 17.5 Å². The molecule has 1 unspecified atom stereocenters. The van der Waals surface area contributed by atoms with Crippen molar-refractivity contribution in [3.05, 3.63) is 95.1 Å². The summed E-state index contributed by atoms with van der Waals surface area (Å²) in [7, 11) is 0. The molecular formula is C25H26N4O3. The number of anilines is 2. The number of carbonyl (C=O) groups is 2. The van der Waals surface area contributed by atoms with Crippen LogP contribution in [-0.4, -0.2) is 18.0 Å². The third-order valence-corrected chi connectivity index (χ3v) is 5.45. The van der Waals surface area contributed by atoms with Gasteiger partial charge in [0.2, 0.25) is 0 Å². The van der Waals surface area contributed by atoms with Crippen LogP contribution in [0.1, 0.15) is 39.4 Å². The highest BCUT2D eigenvalue weighted by Gasteiger charge is 2.34. The van der Waals surface area contributed by atoms with E-state index in [0.29, 0.717) is 29.4 Å². The van der Waals surface area contributed by atoms with Gasteiger partial charge in [-0.05, 0) is 47.4 Å². The van der Waals surface area contributed by atoms with Crippen LogP contribution in [0, 0.1) is 0 Å². The Balaban J connectivity index is 1.24. The minimum atomic E-state index is -0.500. The highest BCUT2D eigenvalue weighted by molar-refractivity contribution is 6.05. The molecule has 0 bridgehead atoms. The lowest BCUT2D eigenvalue weighted by atomic mass is 10.1. The monoisotopic (exact) mass is 430 g/mol. The third-order valence-electron chi connectivity index (χ3n) is 5.45. The number of carbonyl (C=O) groups excluding carboxylic acids is 2. The van der Waals surface area contributed by atoms with E-state index in [1.807, 2.05) is 18.2 Å². The molecule has 0 saturated heterocycles. The number of para-hydroxylation sites is 2. The predicted octanol–water partition coefficient (Wildman–Crippen LogP) is 3.76. The van der Waals surface area contributed by atoms with E-state index in [-0.39, 0.29) is 18.6 Å². The van der Waals surface area contributed by atoms with Crippen molar-refractivity contribution < 1.29 is 14.3 Å². The number of nitrogens with two attached hydrogens (primary N) is 2. The maximum absolute atomic E-state index is 12.4. The van der Waals surface area contributed by atoms with E-state index in [1.54, 1.807) is 48.5 Å². The van der Waals surface area contributed by atoms with Crippen molar-refractivity contribution in [3.63, 3.8) is 0 Å². The second-order valence-electron chi connectivity index (χ2n) is 7.92. The molecule has 164 valence electrons. The molecule has 6 N–H and O–H groups in total. The van der Waals surface area contributed by atoms with Crippen LogP contribution in [0.25, 0.3) is 0 Å². The molecule has 3 aromatic rings. The van der Waals surface area contributed by atoms with E-state index >= 15 is 0 Å². The van der Waals surface area contributed by atoms with Crippen LogP contribution in [0.3, 0.4) is 0 Å². The van der Waals surface area contributed by atoms with Crippen molar-refractivity contribution in [3.8, 4) is 0 Å². The Morgan fingerprint density at radius 1 is 0.969 bits per heavy atom. The Morgan fingerprint density at radius 2 is 1.72 bits per heavy atom. The molecule has 1 fully saturated rings. The standard InChI is InChI=1S/C25H26N4O3/c26-21-6-1-2-7-23(21)29-24(30)18-10-8-16(9-11-18)14-28-25(31)32-15-17-4-3-5-19(12-17)20-13-22(20)27/h1-12,20,22H,13-15,26-27H2,(H,28,31)(H,29,30)/t20?,22-/m0/s1. The Kier molecular flexibility index (Phi) is 6.37. The van der Waals surface area contributed by atoms with Gasteiger partial charge in [0.1, 0.15) is 6.61 Å². The summed E-state index contributed by atoms with van der Waals surface area (Å²) in [5.74, 6) is 0.162. The van der Waals surface area contributed by atoms with E-state index in [4.69, 9.17) is 16.2 Å². The minimum Gasteiger partial charge on any atom is -0.445 e. The number of amides is 2. The first kappa shape index (κ1) is 21.4. The van der Waals surface area contributed by atoms with Crippen molar-refractivity contribution in [2.75, 3.05) is 11.1 Å². The smallest absolute Gasteiger partial charge is 0.407 e. The molecule has 0 spiro atoms. The number of ether oxygens (including phenoxy) is 1.